The van der Waals surface area contributed by atoms with Gasteiger partial charge >= 0.3 is 6.03 Å². The molecule has 0 bridgehead atoms. The number of amides is 2. The number of carbonyl (C=O) groups is 1. The van der Waals surface area contributed by atoms with Gasteiger partial charge in [-0.1, -0.05) is 24.3 Å². The Bertz CT molecular complexity index is 638. The number of carbonyl (C=O) groups excluding carboxylic acids is 1. The van der Waals surface area contributed by atoms with E-state index in [1.807, 2.05) is 11.8 Å². The molecule has 2 aliphatic carbocycles. The van der Waals surface area contributed by atoms with Crippen molar-refractivity contribution in [1.82, 2.24) is 10.2 Å². The highest BCUT2D eigenvalue weighted by Crippen LogP contribution is 2.50. The molecular formula is C20H28N2O3. The summed E-state index contributed by atoms with van der Waals surface area (Å²) in [5.74, 6) is 0.451. The highest BCUT2D eigenvalue weighted by atomic mass is 16.5. The fourth-order valence-electron chi connectivity index (χ4n) is 4.81. The molecule has 2 fully saturated rings. The number of nitrogens with one attached hydrogen (secondary N) is 1. The van der Waals surface area contributed by atoms with Gasteiger partial charge < -0.3 is 20.1 Å². The lowest BCUT2D eigenvalue weighted by Crippen LogP contribution is -2.63. The Hall–Kier alpha value is -1.59. The van der Waals surface area contributed by atoms with Gasteiger partial charge in [0.2, 0.25) is 0 Å². The zero-order valence-electron chi connectivity index (χ0n) is 14.9. The third-order valence-corrected chi connectivity index (χ3v) is 6.55. The van der Waals surface area contributed by atoms with E-state index in [2.05, 4.69) is 29.6 Å². The number of hydrogen-bond acceptors (Lipinski definition) is 3. The van der Waals surface area contributed by atoms with Gasteiger partial charge in [0.25, 0.3) is 0 Å². The molecule has 0 unspecified atom stereocenters. The van der Waals surface area contributed by atoms with Gasteiger partial charge in [-0.2, -0.15) is 0 Å². The summed E-state index contributed by atoms with van der Waals surface area (Å²) in [4.78, 5) is 14.4. The van der Waals surface area contributed by atoms with Crippen LogP contribution in [0.5, 0.6) is 0 Å². The maximum Gasteiger partial charge on any atom is 0.317 e. The summed E-state index contributed by atoms with van der Waals surface area (Å²) in [6, 6.07) is 8.49. The van der Waals surface area contributed by atoms with Gasteiger partial charge in [0.1, 0.15) is 0 Å². The lowest BCUT2D eigenvalue weighted by atomic mass is 9.58. The first-order valence-corrected chi connectivity index (χ1v) is 9.54. The normalized spacial score (nSPS) is 29.5. The van der Waals surface area contributed by atoms with E-state index in [-0.39, 0.29) is 23.7 Å². The average molecular weight is 344 g/mol. The first kappa shape index (κ1) is 16.9. The van der Waals surface area contributed by atoms with Gasteiger partial charge in [-0.3, -0.25) is 0 Å². The highest BCUT2D eigenvalue weighted by molar-refractivity contribution is 5.74. The predicted octanol–water partition coefficient (Wildman–Crippen LogP) is 2.29. The van der Waals surface area contributed by atoms with Gasteiger partial charge in [0.05, 0.1) is 12.2 Å². The number of aliphatic hydroxyl groups is 1. The molecule has 1 saturated heterocycles. The zero-order valence-corrected chi connectivity index (χ0v) is 14.9. The molecule has 3 aliphatic rings. The summed E-state index contributed by atoms with van der Waals surface area (Å²) in [5, 5.41) is 13.4. The van der Waals surface area contributed by atoms with Crippen molar-refractivity contribution in [2.75, 3.05) is 26.2 Å². The van der Waals surface area contributed by atoms with Crippen LogP contribution in [0.2, 0.25) is 0 Å². The van der Waals surface area contributed by atoms with E-state index in [1.54, 1.807) is 0 Å². The fraction of sp³-hybridized carbons (Fsp3) is 0.650. The quantitative estimate of drug-likeness (QED) is 0.881. The number of ether oxygens (including phenoxy) is 1. The molecule has 1 aromatic rings. The first-order chi connectivity index (χ1) is 12.1. The maximum atomic E-state index is 12.5. The van der Waals surface area contributed by atoms with E-state index in [4.69, 9.17) is 4.74 Å². The van der Waals surface area contributed by atoms with E-state index < -0.39 is 0 Å². The van der Waals surface area contributed by atoms with Crippen LogP contribution >= 0.6 is 0 Å². The average Bonchev–Trinajstić information content (AvgIpc) is 2.62. The maximum absolute atomic E-state index is 12.5. The molecule has 25 heavy (non-hydrogen) atoms. The van der Waals surface area contributed by atoms with Crippen LogP contribution in [-0.4, -0.2) is 54.5 Å². The van der Waals surface area contributed by atoms with Crippen molar-refractivity contribution in [2.24, 2.45) is 5.41 Å². The van der Waals surface area contributed by atoms with E-state index in [0.717, 1.165) is 25.7 Å². The van der Waals surface area contributed by atoms with Gasteiger partial charge in [-0.25, -0.2) is 4.79 Å². The molecule has 0 radical (unpaired) electrons. The van der Waals surface area contributed by atoms with Crippen molar-refractivity contribution >= 4 is 6.03 Å². The minimum absolute atomic E-state index is 0.0287. The number of rotatable bonds is 4. The Morgan fingerprint density at radius 2 is 2.12 bits per heavy atom. The Morgan fingerprint density at radius 3 is 2.80 bits per heavy atom. The number of nitrogens with zero attached hydrogens (tertiary/aromatic N) is 1. The second kappa shape index (κ2) is 6.61. The van der Waals surface area contributed by atoms with Crippen molar-refractivity contribution < 1.29 is 14.6 Å². The SMILES string of the molecule is CCO[C@@H]1C[C@H](O)C12CCN(C(=O)NC[C@H]1Cc3ccccc31)CC2. The second-order valence-corrected chi connectivity index (χ2v) is 7.70. The minimum Gasteiger partial charge on any atom is -0.392 e. The van der Waals surface area contributed by atoms with E-state index in [1.165, 1.54) is 11.1 Å². The van der Waals surface area contributed by atoms with E-state index >= 15 is 0 Å². The Balaban J connectivity index is 1.26. The molecule has 1 saturated carbocycles. The molecule has 1 aliphatic heterocycles. The molecule has 5 nitrogen and oxygen atoms in total. The molecule has 1 spiro atoms. The molecule has 0 aromatic heterocycles. The molecule has 136 valence electrons. The van der Waals surface area contributed by atoms with Crippen LogP contribution in [0, 0.1) is 5.41 Å². The van der Waals surface area contributed by atoms with E-state index in [9.17, 15) is 9.90 Å². The highest BCUT2D eigenvalue weighted by Gasteiger charge is 2.56. The van der Waals surface area contributed by atoms with Crippen molar-refractivity contribution in [3.8, 4) is 0 Å². The molecule has 2 amide bonds. The smallest absolute Gasteiger partial charge is 0.317 e. The van der Waals surface area contributed by atoms with Gasteiger partial charge in [-0.15, -0.1) is 0 Å². The van der Waals surface area contributed by atoms with Crippen LogP contribution in [0.4, 0.5) is 4.79 Å². The van der Waals surface area contributed by atoms with Crippen molar-refractivity contribution in [2.45, 2.75) is 50.7 Å². The second-order valence-electron chi connectivity index (χ2n) is 7.70. The predicted molar refractivity (Wildman–Crippen MR) is 95.6 cm³/mol. The van der Waals surface area contributed by atoms with Gasteiger partial charge in [-0.05, 0) is 37.3 Å². The third-order valence-electron chi connectivity index (χ3n) is 6.55. The minimum atomic E-state index is -0.277. The summed E-state index contributed by atoms with van der Waals surface area (Å²) < 4.78 is 5.79. The Kier molecular flexibility index (Phi) is 4.46. The Morgan fingerprint density at radius 1 is 1.36 bits per heavy atom. The number of piperidine rings is 1. The standard InChI is InChI=1S/C20H28N2O3/c1-2-25-18-12-17(23)20(18)7-9-22(10-8-20)19(24)21-13-15-11-14-5-3-4-6-16(14)15/h3-6,15,17-18,23H,2,7-13H2,1H3,(H,21,24)/t15-,17+,18-/m1/s1. The van der Waals surface area contributed by atoms with Crippen molar-refractivity contribution in [3.05, 3.63) is 35.4 Å². The van der Waals surface area contributed by atoms with Crippen LogP contribution in [-0.2, 0) is 11.2 Å². The van der Waals surface area contributed by atoms with Crippen LogP contribution < -0.4 is 5.32 Å². The molecule has 5 heteroatoms. The summed E-state index contributed by atoms with van der Waals surface area (Å²) in [6.07, 6.45) is 3.34. The molecule has 1 aromatic carbocycles. The molecular weight excluding hydrogens is 316 g/mol. The summed E-state index contributed by atoms with van der Waals surface area (Å²) in [7, 11) is 0. The number of benzene rings is 1. The number of likely N-dealkylation sites (tertiary alicyclic amines) is 1. The number of fused-ring (bicyclic) bond motifs is 1. The van der Waals surface area contributed by atoms with Crippen molar-refractivity contribution in [1.29, 1.82) is 0 Å². The van der Waals surface area contributed by atoms with Gasteiger partial charge in [0.15, 0.2) is 0 Å². The van der Waals surface area contributed by atoms with Crippen molar-refractivity contribution in [3.63, 3.8) is 0 Å². The molecule has 2 N–H and O–H groups in total. The van der Waals surface area contributed by atoms with Crippen LogP contribution in [0.1, 0.15) is 43.2 Å². The molecule has 4 rings (SSSR count). The summed E-state index contributed by atoms with van der Waals surface area (Å²) >= 11 is 0. The van der Waals surface area contributed by atoms with Crippen LogP contribution in [0.15, 0.2) is 24.3 Å². The molecule has 1 heterocycles. The number of aliphatic hydroxyl groups excluding tert-OH is 1. The van der Waals surface area contributed by atoms with Gasteiger partial charge in [0, 0.05) is 44.0 Å². The van der Waals surface area contributed by atoms with Crippen LogP contribution in [0.25, 0.3) is 0 Å². The topological polar surface area (TPSA) is 61.8 Å². The fourth-order valence-corrected chi connectivity index (χ4v) is 4.81. The lowest BCUT2D eigenvalue weighted by Gasteiger charge is -2.56. The third kappa shape index (κ3) is 2.83. The summed E-state index contributed by atoms with van der Waals surface area (Å²) in [5.41, 5.74) is 2.65. The van der Waals surface area contributed by atoms with Crippen LogP contribution in [0.3, 0.4) is 0 Å². The molecule has 3 atom stereocenters. The lowest BCUT2D eigenvalue weighted by molar-refractivity contribution is -0.207. The zero-order chi connectivity index (χ0) is 17.4. The first-order valence-electron chi connectivity index (χ1n) is 9.54. The number of urea groups is 1. The summed E-state index contributed by atoms with van der Waals surface area (Å²) in [6.45, 7) is 4.80. The van der Waals surface area contributed by atoms with E-state index in [0.29, 0.717) is 32.2 Å². The Labute approximate surface area is 149 Å². The largest absolute Gasteiger partial charge is 0.392 e. The number of hydrogen-bond donors (Lipinski definition) is 2. The monoisotopic (exact) mass is 344 g/mol.